The summed E-state index contributed by atoms with van der Waals surface area (Å²) in [5.74, 6) is 2.88. The lowest BCUT2D eigenvalue weighted by atomic mass is 10.1. The minimum Gasteiger partial charge on any atom is -0.486 e. The molecule has 0 aliphatic carbocycles. The number of ether oxygens (including phenoxy) is 3. The molecule has 32 heavy (non-hydrogen) atoms. The van der Waals surface area contributed by atoms with Crippen molar-refractivity contribution in [2.75, 3.05) is 56.3 Å². The van der Waals surface area contributed by atoms with Gasteiger partial charge in [-0.15, -0.1) is 0 Å². The molecular formula is C23H25N5O4. The standard InChI is InChI=1S/C23H25N5O4/c1-2-24-23(29)25-16-5-3-15(4-6-16)21-26-18-14-20-19(31-11-12-32-20)13-17(18)22(27-21)28-7-9-30-10-8-28/h3-6,13-14H,2,7-12H2,1H3,(H2,24,25,29). The van der Waals surface area contributed by atoms with E-state index in [1.165, 1.54) is 0 Å². The van der Waals surface area contributed by atoms with E-state index in [0.29, 0.717) is 50.2 Å². The van der Waals surface area contributed by atoms with Gasteiger partial charge in [0.1, 0.15) is 19.0 Å². The highest BCUT2D eigenvalue weighted by molar-refractivity contribution is 5.94. The SMILES string of the molecule is CCNC(=O)Nc1ccc(-c2nc(N3CCOCC3)c3cc4c(cc3n2)OCCO4)cc1. The van der Waals surface area contributed by atoms with Crippen molar-refractivity contribution >= 4 is 28.4 Å². The Hall–Kier alpha value is -3.59. The molecule has 2 aliphatic rings. The van der Waals surface area contributed by atoms with Gasteiger partial charge in [-0.3, -0.25) is 0 Å². The van der Waals surface area contributed by atoms with Crippen LogP contribution in [0.2, 0.25) is 0 Å². The molecule has 0 radical (unpaired) electrons. The zero-order valence-electron chi connectivity index (χ0n) is 17.9. The third-order valence-corrected chi connectivity index (χ3v) is 5.39. The van der Waals surface area contributed by atoms with Gasteiger partial charge in [-0.05, 0) is 37.3 Å². The lowest BCUT2D eigenvalue weighted by Crippen LogP contribution is -2.37. The second kappa shape index (κ2) is 8.88. The average molecular weight is 435 g/mol. The van der Waals surface area contributed by atoms with Gasteiger partial charge in [0.05, 0.1) is 18.7 Å². The summed E-state index contributed by atoms with van der Waals surface area (Å²) in [6, 6.07) is 11.2. The number of aromatic nitrogens is 2. The van der Waals surface area contributed by atoms with Gasteiger partial charge in [0, 0.05) is 42.3 Å². The first-order valence-corrected chi connectivity index (χ1v) is 10.8. The van der Waals surface area contributed by atoms with Gasteiger partial charge in [-0.2, -0.15) is 0 Å². The number of fused-ring (bicyclic) bond motifs is 2. The number of nitrogens with one attached hydrogen (secondary N) is 2. The molecule has 2 N–H and O–H groups in total. The number of morpholine rings is 1. The zero-order chi connectivity index (χ0) is 21.9. The van der Waals surface area contributed by atoms with Crippen LogP contribution in [-0.2, 0) is 4.74 Å². The maximum absolute atomic E-state index is 11.8. The first kappa shape index (κ1) is 20.3. The number of anilines is 2. The molecule has 3 heterocycles. The molecule has 1 saturated heterocycles. The summed E-state index contributed by atoms with van der Waals surface area (Å²) in [5.41, 5.74) is 2.36. The lowest BCUT2D eigenvalue weighted by Gasteiger charge is -2.29. The summed E-state index contributed by atoms with van der Waals surface area (Å²) < 4.78 is 17.1. The van der Waals surface area contributed by atoms with Gasteiger partial charge in [-0.25, -0.2) is 14.8 Å². The van der Waals surface area contributed by atoms with Gasteiger partial charge in [0.25, 0.3) is 0 Å². The van der Waals surface area contributed by atoms with Crippen molar-refractivity contribution in [1.82, 2.24) is 15.3 Å². The zero-order valence-corrected chi connectivity index (χ0v) is 17.9. The van der Waals surface area contributed by atoms with Crippen LogP contribution < -0.4 is 25.0 Å². The summed E-state index contributed by atoms with van der Waals surface area (Å²) in [5, 5.41) is 6.45. The number of benzene rings is 2. The number of urea groups is 1. The lowest BCUT2D eigenvalue weighted by molar-refractivity contribution is 0.122. The normalized spacial score (nSPS) is 15.5. The molecule has 166 valence electrons. The number of carbonyl (C=O) groups is 1. The Morgan fingerprint density at radius 3 is 2.44 bits per heavy atom. The van der Waals surface area contributed by atoms with Gasteiger partial charge in [0.2, 0.25) is 0 Å². The van der Waals surface area contributed by atoms with E-state index in [9.17, 15) is 4.79 Å². The van der Waals surface area contributed by atoms with Gasteiger partial charge >= 0.3 is 6.03 Å². The number of amides is 2. The van der Waals surface area contributed by atoms with Gasteiger partial charge < -0.3 is 29.7 Å². The smallest absolute Gasteiger partial charge is 0.319 e. The Morgan fingerprint density at radius 2 is 1.72 bits per heavy atom. The molecule has 0 spiro atoms. The summed E-state index contributed by atoms with van der Waals surface area (Å²) in [6.07, 6.45) is 0. The number of carbonyl (C=O) groups excluding carboxylic acids is 1. The van der Waals surface area contributed by atoms with Crippen LogP contribution in [0, 0.1) is 0 Å². The molecule has 0 atom stereocenters. The third kappa shape index (κ3) is 4.11. The number of nitrogens with zero attached hydrogens (tertiary/aromatic N) is 3. The van der Waals surface area contributed by atoms with Crippen molar-refractivity contribution in [2.45, 2.75) is 6.92 Å². The first-order valence-electron chi connectivity index (χ1n) is 10.8. The molecule has 9 heteroatoms. The van der Waals surface area contributed by atoms with Crippen LogP contribution in [-0.4, -0.2) is 62.1 Å². The topological polar surface area (TPSA) is 97.8 Å². The average Bonchev–Trinajstić information content (AvgIpc) is 2.83. The first-order chi connectivity index (χ1) is 15.7. The van der Waals surface area contributed by atoms with E-state index in [4.69, 9.17) is 24.2 Å². The molecule has 0 saturated carbocycles. The van der Waals surface area contributed by atoms with E-state index in [2.05, 4.69) is 15.5 Å². The van der Waals surface area contributed by atoms with Crippen molar-refractivity contribution < 1.29 is 19.0 Å². The van der Waals surface area contributed by atoms with Crippen molar-refractivity contribution in [3.63, 3.8) is 0 Å². The van der Waals surface area contributed by atoms with Crippen molar-refractivity contribution in [2.24, 2.45) is 0 Å². The highest BCUT2D eigenvalue weighted by Gasteiger charge is 2.21. The van der Waals surface area contributed by atoms with E-state index in [0.717, 1.165) is 41.1 Å². The number of hydrogen-bond acceptors (Lipinski definition) is 7. The van der Waals surface area contributed by atoms with E-state index in [1.807, 2.05) is 43.3 Å². The van der Waals surface area contributed by atoms with Crippen LogP contribution in [0.4, 0.5) is 16.3 Å². The Labute approximate surface area is 185 Å². The van der Waals surface area contributed by atoms with Crippen LogP contribution >= 0.6 is 0 Å². The fourth-order valence-corrected chi connectivity index (χ4v) is 3.83. The van der Waals surface area contributed by atoms with E-state index < -0.39 is 0 Å². The molecule has 2 aromatic carbocycles. The highest BCUT2D eigenvalue weighted by atomic mass is 16.6. The molecule has 2 amide bonds. The summed E-state index contributed by atoms with van der Waals surface area (Å²) >= 11 is 0. The predicted molar refractivity (Wildman–Crippen MR) is 122 cm³/mol. The minimum atomic E-state index is -0.233. The molecule has 2 aliphatic heterocycles. The second-order valence-corrected chi connectivity index (χ2v) is 7.55. The summed E-state index contributed by atoms with van der Waals surface area (Å²) in [4.78, 5) is 23.7. The molecule has 0 unspecified atom stereocenters. The number of rotatable bonds is 4. The molecular weight excluding hydrogens is 410 g/mol. The van der Waals surface area contributed by atoms with Gasteiger partial charge in [0.15, 0.2) is 17.3 Å². The van der Waals surface area contributed by atoms with Crippen molar-refractivity contribution in [1.29, 1.82) is 0 Å². The fourth-order valence-electron chi connectivity index (χ4n) is 3.83. The maximum atomic E-state index is 11.8. The summed E-state index contributed by atoms with van der Waals surface area (Å²) in [7, 11) is 0. The predicted octanol–water partition coefficient (Wildman–Crippen LogP) is 3.05. The van der Waals surface area contributed by atoms with Crippen LogP contribution in [0.5, 0.6) is 11.5 Å². The molecule has 1 fully saturated rings. The molecule has 3 aromatic rings. The molecule has 5 rings (SSSR count). The van der Waals surface area contributed by atoms with Crippen LogP contribution in [0.25, 0.3) is 22.3 Å². The Kier molecular flexibility index (Phi) is 5.64. The highest BCUT2D eigenvalue weighted by Crippen LogP contribution is 2.38. The summed E-state index contributed by atoms with van der Waals surface area (Å²) in [6.45, 7) is 6.33. The monoisotopic (exact) mass is 435 g/mol. The third-order valence-electron chi connectivity index (χ3n) is 5.39. The van der Waals surface area contributed by atoms with Gasteiger partial charge in [-0.1, -0.05) is 0 Å². The van der Waals surface area contributed by atoms with E-state index in [-0.39, 0.29) is 6.03 Å². The van der Waals surface area contributed by atoms with E-state index >= 15 is 0 Å². The second-order valence-electron chi connectivity index (χ2n) is 7.55. The van der Waals surface area contributed by atoms with Crippen molar-refractivity contribution in [3.8, 4) is 22.9 Å². The molecule has 1 aromatic heterocycles. The van der Waals surface area contributed by atoms with Crippen LogP contribution in [0.15, 0.2) is 36.4 Å². The fraction of sp³-hybridized carbons (Fsp3) is 0.348. The van der Waals surface area contributed by atoms with Crippen LogP contribution in [0.3, 0.4) is 0 Å². The van der Waals surface area contributed by atoms with Crippen LogP contribution in [0.1, 0.15) is 6.92 Å². The minimum absolute atomic E-state index is 0.233. The Bertz CT molecular complexity index is 1130. The molecule has 0 bridgehead atoms. The molecule has 9 nitrogen and oxygen atoms in total. The number of hydrogen-bond donors (Lipinski definition) is 2. The maximum Gasteiger partial charge on any atom is 0.319 e. The Morgan fingerprint density at radius 1 is 1.00 bits per heavy atom. The largest absolute Gasteiger partial charge is 0.486 e. The van der Waals surface area contributed by atoms with E-state index in [1.54, 1.807) is 0 Å². The quantitative estimate of drug-likeness (QED) is 0.650. The van der Waals surface area contributed by atoms with Crippen molar-refractivity contribution in [3.05, 3.63) is 36.4 Å². The Balaban J connectivity index is 1.54.